The van der Waals surface area contributed by atoms with Crippen molar-refractivity contribution in [2.45, 2.75) is 32.1 Å². The molecule has 1 heterocycles. The van der Waals surface area contributed by atoms with Gasteiger partial charge in [-0.25, -0.2) is 0 Å². The molecular weight excluding hydrogens is 450 g/mol. The molecule has 2 nitrogen and oxygen atoms in total. The smallest absolute Gasteiger partial charge is 0.126 e. The van der Waals surface area contributed by atoms with Gasteiger partial charge in [-0.2, -0.15) is 0 Å². The fourth-order valence-corrected chi connectivity index (χ4v) is 1.91. The zero-order chi connectivity index (χ0) is 13.2. The van der Waals surface area contributed by atoms with Gasteiger partial charge in [-0.1, -0.05) is 24.3 Å². The molecule has 117 valence electrons. The van der Waals surface area contributed by atoms with E-state index in [0.717, 1.165) is 13.0 Å². The summed E-state index contributed by atoms with van der Waals surface area (Å²) in [6.07, 6.45) is 20.5. The minimum atomic E-state index is 0. The summed E-state index contributed by atoms with van der Waals surface area (Å²) in [7, 11) is 6.12. The van der Waals surface area contributed by atoms with E-state index in [-0.39, 0.29) is 43.5 Å². The second-order valence-corrected chi connectivity index (χ2v) is 5.00. The molecule has 0 saturated heterocycles. The van der Waals surface area contributed by atoms with Crippen molar-refractivity contribution in [3.63, 3.8) is 0 Å². The van der Waals surface area contributed by atoms with E-state index in [2.05, 4.69) is 53.2 Å². The molecule has 1 aliphatic heterocycles. The Hall–Kier alpha value is 0.0434. The quantitative estimate of drug-likeness (QED) is 0.171. The minimum Gasteiger partial charge on any atom is -1.00 e. The molecule has 0 unspecified atom stereocenters. The van der Waals surface area contributed by atoms with Crippen LogP contribution >= 0.6 is 0 Å². The van der Waals surface area contributed by atoms with Gasteiger partial charge in [-0.05, 0) is 39.8 Å². The SMILES string of the molecule is C1=C\CC/C=C\CC/1.CN(C)/C=C1/[C-]=[N+](C)CC1.[I-].[Rh]. The number of hydrogen-bond acceptors (Lipinski definition) is 1. The summed E-state index contributed by atoms with van der Waals surface area (Å²) in [5.41, 5.74) is 1.30. The number of nitrogens with zero attached hydrogens (tertiary/aromatic N) is 2. The van der Waals surface area contributed by atoms with Crippen LogP contribution in [0.25, 0.3) is 0 Å². The van der Waals surface area contributed by atoms with E-state index in [1.165, 1.54) is 31.3 Å². The number of rotatable bonds is 1. The Morgan fingerprint density at radius 1 is 1.05 bits per heavy atom. The first-order valence-electron chi connectivity index (χ1n) is 6.83. The molecule has 0 aromatic rings. The second kappa shape index (κ2) is 14.0. The van der Waals surface area contributed by atoms with Gasteiger partial charge in [0.15, 0.2) is 0 Å². The Bertz CT molecular complexity index is 331. The molecule has 2 rings (SSSR count). The molecule has 0 aromatic heterocycles. The Labute approximate surface area is 154 Å². The third kappa shape index (κ3) is 11.8. The summed E-state index contributed by atoms with van der Waals surface area (Å²) in [5.74, 6) is 0. The van der Waals surface area contributed by atoms with Crippen molar-refractivity contribution in [2.24, 2.45) is 0 Å². The topological polar surface area (TPSA) is 6.25 Å². The summed E-state index contributed by atoms with van der Waals surface area (Å²) < 4.78 is 2.09. The average Bonchev–Trinajstić information content (AvgIpc) is 2.62. The fraction of sp³-hybridized carbons (Fsp3) is 0.562. The molecule has 0 bridgehead atoms. The van der Waals surface area contributed by atoms with E-state index in [1.54, 1.807) is 0 Å². The summed E-state index contributed by atoms with van der Waals surface area (Å²) in [5, 5.41) is 0. The zero-order valence-electron chi connectivity index (χ0n) is 12.7. The van der Waals surface area contributed by atoms with Crippen molar-refractivity contribution >= 4 is 6.21 Å². The van der Waals surface area contributed by atoms with E-state index < -0.39 is 0 Å². The van der Waals surface area contributed by atoms with Crippen molar-refractivity contribution in [2.75, 3.05) is 27.7 Å². The largest absolute Gasteiger partial charge is 1.00 e. The Morgan fingerprint density at radius 3 is 1.80 bits per heavy atom. The number of halogens is 1. The van der Waals surface area contributed by atoms with Crippen LogP contribution in [0.2, 0.25) is 0 Å². The summed E-state index contributed by atoms with van der Waals surface area (Å²) >= 11 is 0. The van der Waals surface area contributed by atoms with Crippen LogP contribution in [0, 0.1) is 0 Å². The van der Waals surface area contributed by atoms with Gasteiger partial charge in [0.25, 0.3) is 0 Å². The predicted octanol–water partition coefficient (Wildman–Crippen LogP) is 0.100. The maximum Gasteiger partial charge on any atom is 0.126 e. The summed E-state index contributed by atoms with van der Waals surface area (Å²) in [6.45, 7) is 1.11. The van der Waals surface area contributed by atoms with Gasteiger partial charge in [0.05, 0.1) is 0 Å². The van der Waals surface area contributed by atoms with Crippen molar-refractivity contribution in [1.29, 1.82) is 0 Å². The molecule has 0 amide bonds. The van der Waals surface area contributed by atoms with E-state index in [9.17, 15) is 0 Å². The van der Waals surface area contributed by atoms with Gasteiger partial charge in [0.2, 0.25) is 0 Å². The third-order valence-electron chi connectivity index (χ3n) is 2.80. The molecule has 0 spiro atoms. The van der Waals surface area contributed by atoms with Gasteiger partial charge in [-0.3, -0.25) is 0 Å². The zero-order valence-corrected chi connectivity index (χ0v) is 16.5. The average molecular weight is 476 g/mol. The monoisotopic (exact) mass is 476 g/mol. The van der Waals surface area contributed by atoms with Crippen molar-refractivity contribution in [3.05, 3.63) is 36.1 Å². The molecule has 1 aliphatic carbocycles. The van der Waals surface area contributed by atoms with E-state index in [1.807, 2.05) is 14.1 Å². The molecule has 4 heteroatoms. The molecule has 1 radical (unpaired) electrons. The minimum absolute atomic E-state index is 0. The van der Waals surface area contributed by atoms with Gasteiger partial charge >= 0.3 is 0 Å². The molecule has 20 heavy (non-hydrogen) atoms. The molecule has 0 fully saturated rings. The van der Waals surface area contributed by atoms with Crippen LogP contribution in [0.4, 0.5) is 0 Å². The van der Waals surface area contributed by atoms with Crippen LogP contribution in [-0.4, -0.2) is 43.4 Å². The van der Waals surface area contributed by atoms with Crippen molar-refractivity contribution in [3.8, 4) is 0 Å². The molecule has 0 N–H and O–H groups in total. The predicted molar refractivity (Wildman–Crippen MR) is 79.2 cm³/mol. The maximum absolute atomic E-state index is 3.24. The second-order valence-electron chi connectivity index (χ2n) is 5.00. The molecular formula is C16H26IN2Rh-. The normalized spacial score (nSPS) is 21.9. The van der Waals surface area contributed by atoms with Crippen LogP contribution in [0.15, 0.2) is 36.1 Å². The van der Waals surface area contributed by atoms with Crippen molar-refractivity contribution < 1.29 is 48.0 Å². The van der Waals surface area contributed by atoms with Crippen LogP contribution in [-0.2, 0) is 19.5 Å². The van der Waals surface area contributed by atoms with Crippen LogP contribution in [0.3, 0.4) is 0 Å². The number of hydrogen-bond donors (Lipinski definition) is 0. The Balaban J connectivity index is 0. The van der Waals surface area contributed by atoms with Crippen LogP contribution < -0.4 is 24.0 Å². The van der Waals surface area contributed by atoms with E-state index in [0.29, 0.717) is 0 Å². The summed E-state index contributed by atoms with van der Waals surface area (Å²) in [6, 6.07) is 0. The fourth-order valence-electron chi connectivity index (χ4n) is 1.91. The maximum atomic E-state index is 3.24. The third-order valence-corrected chi connectivity index (χ3v) is 2.80. The molecule has 2 aliphatic rings. The van der Waals surface area contributed by atoms with Gasteiger partial charge in [-0.15, -0.1) is 11.8 Å². The summed E-state index contributed by atoms with van der Waals surface area (Å²) in [4.78, 5) is 2.06. The first-order valence-corrected chi connectivity index (χ1v) is 6.83. The van der Waals surface area contributed by atoms with E-state index >= 15 is 0 Å². The molecule has 0 saturated carbocycles. The Kier molecular flexibility index (Phi) is 15.6. The van der Waals surface area contributed by atoms with Crippen LogP contribution in [0.1, 0.15) is 32.1 Å². The first kappa shape index (κ1) is 22.3. The van der Waals surface area contributed by atoms with E-state index in [4.69, 9.17) is 0 Å². The first-order chi connectivity index (χ1) is 8.68. The van der Waals surface area contributed by atoms with Gasteiger partial charge in [0.1, 0.15) is 13.6 Å². The van der Waals surface area contributed by atoms with Gasteiger partial charge < -0.3 is 33.5 Å². The van der Waals surface area contributed by atoms with Gasteiger partial charge in [0, 0.05) is 32.1 Å². The standard InChI is InChI=1S/C8H14N2.C8H12.HI.Rh/c1-9(2)6-8-4-5-10(3)7-8;1-2-4-6-8-7-5-3-1;;/h6H,4-5H2,1-3H3;1-2,7-8H,3-6H2;1H;/p-1/b8-6+;2-1-,8-7-;;. The molecule has 0 aromatic carbocycles. The number of allylic oxidation sites excluding steroid dienone is 4. The Morgan fingerprint density at radius 2 is 1.50 bits per heavy atom. The molecule has 0 atom stereocenters. The van der Waals surface area contributed by atoms with Crippen LogP contribution in [0.5, 0.6) is 0 Å². The van der Waals surface area contributed by atoms with Crippen molar-refractivity contribution in [1.82, 2.24) is 4.90 Å².